The van der Waals surface area contributed by atoms with Gasteiger partial charge in [0.1, 0.15) is 0 Å². The fraction of sp³-hybridized carbons (Fsp3) is 0.200. The second-order valence-electron chi connectivity index (χ2n) is 5.86. The Morgan fingerprint density at radius 2 is 1.81 bits per heavy atom. The van der Waals surface area contributed by atoms with Gasteiger partial charge in [0, 0.05) is 5.57 Å². The molecule has 0 saturated carbocycles. The van der Waals surface area contributed by atoms with Crippen molar-refractivity contribution >= 4 is 23.3 Å². The van der Waals surface area contributed by atoms with Crippen LogP contribution < -0.4 is 20.9 Å². The van der Waals surface area contributed by atoms with Gasteiger partial charge in [-0.15, -0.1) is 5.10 Å². The minimum Gasteiger partial charge on any atom is -0.454 e. The Bertz CT molecular complexity index is 853. The number of hydrogen-bond donors (Lipinski definition) is 2. The molecule has 1 aliphatic rings. The zero-order valence-corrected chi connectivity index (χ0v) is 14.7. The van der Waals surface area contributed by atoms with Crippen molar-refractivity contribution in [1.82, 2.24) is 0 Å². The van der Waals surface area contributed by atoms with Crippen LogP contribution in [0.4, 0.5) is 0 Å². The summed E-state index contributed by atoms with van der Waals surface area (Å²) in [6.45, 7) is 2.34. The molecule has 6 heteroatoms. The van der Waals surface area contributed by atoms with E-state index < -0.39 is 0 Å². The molecule has 6 nitrogen and oxygen atoms in total. The highest BCUT2D eigenvalue weighted by atomic mass is 16.7. The van der Waals surface area contributed by atoms with Crippen LogP contribution in [-0.2, 0) is 0 Å². The summed E-state index contributed by atoms with van der Waals surface area (Å²) in [6, 6.07) is 15.9. The van der Waals surface area contributed by atoms with Crippen LogP contribution in [0.15, 0.2) is 58.7 Å². The highest BCUT2D eigenvalue weighted by molar-refractivity contribution is 6.28. The third-order valence-corrected chi connectivity index (χ3v) is 3.88. The van der Waals surface area contributed by atoms with E-state index in [1.165, 1.54) is 0 Å². The smallest absolute Gasteiger partial charge is 0.231 e. The van der Waals surface area contributed by atoms with Gasteiger partial charge < -0.3 is 20.9 Å². The van der Waals surface area contributed by atoms with Gasteiger partial charge in [0.05, 0.1) is 5.71 Å². The van der Waals surface area contributed by atoms with Gasteiger partial charge in [0.25, 0.3) is 0 Å². The van der Waals surface area contributed by atoms with Gasteiger partial charge in [-0.2, -0.15) is 5.10 Å². The molecule has 2 aromatic carbocycles. The molecular weight excluding hydrogens is 328 g/mol. The monoisotopic (exact) mass is 350 g/mol. The van der Waals surface area contributed by atoms with E-state index >= 15 is 0 Å². The number of guanidine groups is 1. The van der Waals surface area contributed by atoms with Crippen LogP contribution in [0.2, 0.25) is 0 Å². The van der Waals surface area contributed by atoms with E-state index in [-0.39, 0.29) is 12.8 Å². The van der Waals surface area contributed by atoms with E-state index in [9.17, 15) is 0 Å². The number of hydrogen-bond acceptors (Lipinski definition) is 4. The number of ether oxygens (including phenoxy) is 2. The van der Waals surface area contributed by atoms with Crippen LogP contribution in [0, 0.1) is 0 Å². The SMILES string of the molecule is CCCC(=N\N=C(N)N)/C(=C\c1ccc2c(c1)OCO2)c1ccccc1. The van der Waals surface area contributed by atoms with E-state index in [1.54, 1.807) is 0 Å². The molecule has 0 unspecified atom stereocenters. The summed E-state index contributed by atoms with van der Waals surface area (Å²) in [4.78, 5) is 0. The topological polar surface area (TPSA) is 95.2 Å². The molecule has 2 aromatic rings. The van der Waals surface area contributed by atoms with Crippen molar-refractivity contribution in [1.29, 1.82) is 0 Å². The molecule has 0 bridgehead atoms. The highest BCUT2D eigenvalue weighted by Crippen LogP contribution is 2.34. The van der Waals surface area contributed by atoms with Crippen LogP contribution in [-0.4, -0.2) is 18.5 Å². The van der Waals surface area contributed by atoms with Gasteiger partial charge in [-0.1, -0.05) is 49.7 Å². The van der Waals surface area contributed by atoms with Crippen molar-refractivity contribution in [3.05, 3.63) is 59.7 Å². The van der Waals surface area contributed by atoms with E-state index in [0.29, 0.717) is 0 Å². The number of nitrogens with zero attached hydrogens (tertiary/aromatic N) is 2. The van der Waals surface area contributed by atoms with Gasteiger partial charge in [-0.3, -0.25) is 0 Å². The fourth-order valence-corrected chi connectivity index (χ4v) is 2.71. The number of fused-ring (bicyclic) bond motifs is 1. The van der Waals surface area contributed by atoms with Crippen LogP contribution in [0.25, 0.3) is 11.6 Å². The summed E-state index contributed by atoms with van der Waals surface area (Å²) < 4.78 is 10.9. The molecule has 0 amide bonds. The molecule has 0 saturated heterocycles. The molecule has 1 aliphatic heterocycles. The number of benzene rings is 2. The average molecular weight is 350 g/mol. The maximum Gasteiger partial charge on any atom is 0.231 e. The van der Waals surface area contributed by atoms with Crippen LogP contribution in [0.1, 0.15) is 30.9 Å². The van der Waals surface area contributed by atoms with Gasteiger partial charge in [-0.25, -0.2) is 0 Å². The first-order valence-electron chi connectivity index (χ1n) is 8.50. The van der Waals surface area contributed by atoms with Gasteiger partial charge >= 0.3 is 0 Å². The maximum absolute atomic E-state index is 5.48. The lowest BCUT2D eigenvalue weighted by molar-refractivity contribution is 0.174. The van der Waals surface area contributed by atoms with Crippen molar-refractivity contribution in [2.45, 2.75) is 19.8 Å². The van der Waals surface area contributed by atoms with Crippen molar-refractivity contribution in [3.63, 3.8) is 0 Å². The normalized spacial score (nSPS) is 13.6. The van der Waals surface area contributed by atoms with E-state index in [0.717, 1.165) is 46.8 Å². The molecule has 26 heavy (non-hydrogen) atoms. The van der Waals surface area contributed by atoms with Crippen LogP contribution >= 0.6 is 0 Å². The third-order valence-electron chi connectivity index (χ3n) is 3.88. The predicted molar refractivity (Wildman–Crippen MR) is 105 cm³/mol. The predicted octanol–water partition coefficient (Wildman–Crippen LogP) is 3.39. The zero-order valence-electron chi connectivity index (χ0n) is 14.7. The summed E-state index contributed by atoms with van der Waals surface area (Å²) >= 11 is 0. The standard InChI is InChI=1S/C20H22N4O2/c1-2-6-17(23-24-20(21)22)16(15-7-4-3-5-8-15)11-14-9-10-18-19(12-14)26-13-25-18/h3-5,7-12H,2,6,13H2,1H3,(H4,21,22,24)/b16-11-,23-17+. The Kier molecular flexibility index (Phi) is 5.53. The summed E-state index contributed by atoms with van der Waals surface area (Å²) in [5.74, 6) is 1.44. The first-order valence-corrected chi connectivity index (χ1v) is 8.50. The molecule has 0 spiro atoms. The van der Waals surface area contributed by atoms with Crippen LogP contribution in [0.3, 0.4) is 0 Å². The number of rotatable bonds is 6. The molecule has 134 valence electrons. The second-order valence-corrected chi connectivity index (χ2v) is 5.86. The Morgan fingerprint density at radius 1 is 1.04 bits per heavy atom. The molecule has 0 atom stereocenters. The number of allylic oxidation sites excluding steroid dienone is 1. The van der Waals surface area contributed by atoms with Crippen molar-refractivity contribution in [2.75, 3.05) is 6.79 Å². The Hall–Kier alpha value is -3.28. The lowest BCUT2D eigenvalue weighted by Crippen LogP contribution is -2.22. The first-order chi connectivity index (χ1) is 12.7. The summed E-state index contributed by atoms with van der Waals surface area (Å²) in [6.07, 6.45) is 3.74. The molecule has 0 radical (unpaired) electrons. The molecule has 0 aliphatic carbocycles. The molecule has 3 rings (SSSR count). The summed E-state index contributed by atoms with van der Waals surface area (Å²) in [5.41, 5.74) is 14.7. The molecule has 0 aromatic heterocycles. The number of nitrogens with two attached hydrogens (primary N) is 2. The van der Waals surface area contributed by atoms with Crippen molar-refractivity contribution in [2.24, 2.45) is 21.7 Å². The van der Waals surface area contributed by atoms with Crippen molar-refractivity contribution in [3.8, 4) is 11.5 Å². The first kappa shape index (κ1) is 17.5. The fourth-order valence-electron chi connectivity index (χ4n) is 2.71. The Morgan fingerprint density at radius 3 is 2.54 bits per heavy atom. The van der Waals surface area contributed by atoms with E-state index in [2.05, 4.69) is 23.2 Å². The zero-order chi connectivity index (χ0) is 18.4. The molecule has 4 N–H and O–H groups in total. The van der Waals surface area contributed by atoms with Crippen molar-refractivity contribution < 1.29 is 9.47 Å². The molecule has 0 fully saturated rings. The van der Waals surface area contributed by atoms with E-state index in [1.807, 2.05) is 48.5 Å². The largest absolute Gasteiger partial charge is 0.454 e. The minimum absolute atomic E-state index is 0.0610. The van der Waals surface area contributed by atoms with E-state index in [4.69, 9.17) is 20.9 Å². The Labute approximate surface area is 152 Å². The van der Waals surface area contributed by atoms with Gasteiger partial charge in [-0.05, 0) is 35.8 Å². The third kappa shape index (κ3) is 4.22. The van der Waals surface area contributed by atoms with Crippen LogP contribution in [0.5, 0.6) is 11.5 Å². The maximum atomic E-state index is 5.48. The Balaban J connectivity index is 2.08. The quantitative estimate of drug-likeness (QED) is 0.361. The lowest BCUT2D eigenvalue weighted by atomic mass is 9.96. The molecular formula is C20H22N4O2. The minimum atomic E-state index is -0.0610. The summed E-state index contributed by atoms with van der Waals surface area (Å²) in [7, 11) is 0. The van der Waals surface area contributed by atoms with Gasteiger partial charge in [0.15, 0.2) is 11.5 Å². The average Bonchev–Trinajstić information content (AvgIpc) is 3.12. The lowest BCUT2D eigenvalue weighted by Gasteiger charge is -2.11. The summed E-state index contributed by atoms with van der Waals surface area (Å²) in [5, 5.41) is 8.15. The highest BCUT2D eigenvalue weighted by Gasteiger charge is 2.14. The van der Waals surface area contributed by atoms with Gasteiger partial charge in [0.2, 0.25) is 12.8 Å². The second kappa shape index (κ2) is 8.20. The molecule has 1 heterocycles.